The first-order chi connectivity index (χ1) is 16.6. The highest BCUT2D eigenvalue weighted by molar-refractivity contribution is 5.80. The first kappa shape index (κ1) is 26.2. The fourth-order valence-electron chi connectivity index (χ4n) is 3.74. The van der Waals surface area contributed by atoms with Crippen LogP contribution >= 0.6 is 0 Å². The number of imidazole rings is 1. The second-order valence-corrected chi connectivity index (χ2v) is 9.30. The molecular weight excluding hydrogens is 449 g/mol. The van der Waals surface area contributed by atoms with Crippen LogP contribution < -0.4 is 0 Å². The molecule has 8 heteroatoms. The van der Waals surface area contributed by atoms with E-state index in [0.717, 1.165) is 22.6 Å². The second-order valence-electron chi connectivity index (χ2n) is 9.30. The fourth-order valence-corrected chi connectivity index (χ4v) is 3.74. The summed E-state index contributed by atoms with van der Waals surface area (Å²) in [6.07, 6.45) is 4.40. The minimum Gasteiger partial charge on any atom is -0.466 e. The first-order valence-corrected chi connectivity index (χ1v) is 11.6. The zero-order valence-electron chi connectivity index (χ0n) is 20.5. The van der Waals surface area contributed by atoms with Gasteiger partial charge in [0.25, 0.3) is 0 Å². The van der Waals surface area contributed by atoms with Crippen LogP contribution in [-0.2, 0) is 14.9 Å². The average Bonchev–Trinajstić information content (AvgIpc) is 3.19. The molecule has 2 heterocycles. The summed E-state index contributed by atoms with van der Waals surface area (Å²) in [5.74, 6) is -0.108. The number of rotatable bonds is 9. The van der Waals surface area contributed by atoms with Gasteiger partial charge in [0.05, 0.1) is 36.6 Å². The molecule has 3 rings (SSSR count). The molecule has 35 heavy (non-hydrogen) atoms. The van der Waals surface area contributed by atoms with Crippen LogP contribution in [0.5, 0.6) is 0 Å². The molecule has 7 nitrogen and oxygen atoms in total. The van der Waals surface area contributed by atoms with E-state index in [2.05, 4.69) is 4.98 Å². The minimum absolute atomic E-state index is 0.0235. The minimum atomic E-state index is -1.03. The molecule has 2 aromatic heterocycles. The van der Waals surface area contributed by atoms with E-state index in [-0.39, 0.29) is 30.7 Å². The van der Waals surface area contributed by atoms with Gasteiger partial charge in [-0.25, -0.2) is 9.37 Å². The van der Waals surface area contributed by atoms with Crippen molar-refractivity contribution in [3.05, 3.63) is 66.5 Å². The summed E-state index contributed by atoms with van der Waals surface area (Å²) in [6.45, 7) is 8.02. The Hall–Kier alpha value is -3.36. The molecule has 1 aromatic carbocycles. The van der Waals surface area contributed by atoms with E-state index < -0.39 is 18.2 Å². The van der Waals surface area contributed by atoms with E-state index in [4.69, 9.17) is 9.72 Å². The van der Waals surface area contributed by atoms with Crippen molar-refractivity contribution < 1.29 is 24.1 Å². The molecule has 0 radical (unpaired) electrons. The lowest BCUT2D eigenvalue weighted by atomic mass is 9.95. The molecule has 0 aliphatic rings. The van der Waals surface area contributed by atoms with Gasteiger partial charge in [-0.1, -0.05) is 20.8 Å². The molecule has 0 aliphatic carbocycles. The molecule has 0 amide bonds. The number of halogens is 1. The van der Waals surface area contributed by atoms with Gasteiger partial charge in [-0.15, -0.1) is 0 Å². The van der Waals surface area contributed by atoms with Gasteiger partial charge in [-0.05, 0) is 49.4 Å². The van der Waals surface area contributed by atoms with Crippen LogP contribution in [0.25, 0.3) is 28.7 Å². The zero-order valence-corrected chi connectivity index (χ0v) is 20.5. The third kappa shape index (κ3) is 6.83. The molecule has 2 N–H and O–H groups in total. The summed E-state index contributed by atoms with van der Waals surface area (Å²) in [7, 11) is 0. The van der Waals surface area contributed by atoms with Gasteiger partial charge < -0.3 is 19.5 Å². The lowest BCUT2D eigenvalue weighted by Crippen LogP contribution is -2.21. The van der Waals surface area contributed by atoms with Crippen LogP contribution in [0.15, 0.2) is 54.9 Å². The third-order valence-electron chi connectivity index (χ3n) is 5.33. The Balaban J connectivity index is 2.03. The lowest BCUT2D eigenvalue weighted by molar-refractivity contribution is -0.145. The number of nitrogens with zero attached hydrogens (tertiary/aromatic N) is 3. The fraction of sp³-hybridized carbons (Fsp3) is 0.370. The number of ether oxygens (including phenoxy) is 1. The zero-order chi connectivity index (χ0) is 25.6. The lowest BCUT2D eigenvalue weighted by Gasteiger charge is -2.19. The summed E-state index contributed by atoms with van der Waals surface area (Å²) >= 11 is 0. The van der Waals surface area contributed by atoms with Gasteiger partial charge in [-0.3, -0.25) is 9.78 Å². The number of hydrogen-bond acceptors (Lipinski definition) is 6. The van der Waals surface area contributed by atoms with Crippen molar-refractivity contribution in [2.24, 2.45) is 0 Å². The number of esters is 1. The molecule has 0 bridgehead atoms. The summed E-state index contributed by atoms with van der Waals surface area (Å²) < 4.78 is 20.4. The van der Waals surface area contributed by atoms with Crippen LogP contribution in [0.4, 0.5) is 4.39 Å². The molecule has 2 atom stereocenters. The Kier molecular flexibility index (Phi) is 8.53. The molecule has 186 valence electrons. The van der Waals surface area contributed by atoms with E-state index >= 15 is 0 Å². The first-order valence-electron chi connectivity index (χ1n) is 11.6. The summed E-state index contributed by atoms with van der Waals surface area (Å²) in [6, 6.07) is 9.88. The third-order valence-corrected chi connectivity index (χ3v) is 5.33. The van der Waals surface area contributed by atoms with E-state index in [1.807, 2.05) is 37.5 Å². The van der Waals surface area contributed by atoms with Crippen LogP contribution in [-0.4, -0.2) is 49.5 Å². The largest absolute Gasteiger partial charge is 0.466 e. The van der Waals surface area contributed by atoms with Crippen LogP contribution in [0.2, 0.25) is 0 Å². The van der Waals surface area contributed by atoms with Crippen molar-refractivity contribution in [3.63, 3.8) is 0 Å². The van der Waals surface area contributed by atoms with E-state index in [9.17, 15) is 19.4 Å². The van der Waals surface area contributed by atoms with Crippen LogP contribution in [0, 0.1) is 5.82 Å². The molecule has 0 saturated heterocycles. The predicted molar refractivity (Wildman–Crippen MR) is 133 cm³/mol. The standard InChI is InChI=1S/C27H32FN3O4/c1-5-35-23(34)17-22(33)16-21(32)12-15-31-25(19-10-13-29-14-11-19)24(30-26(31)27(2,3)4)18-6-8-20(28)9-7-18/h6-15,21-22,32-33H,5,16-17H2,1-4H3/t21-,22-/m1/s1. The number of aromatic nitrogens is 3. The van der Waals surface area contributed by atoms with Crippen molar-refractivity contribution in [2.75, 3.05) is 6.61 Å². The Bertz CT molecular complexity index is 1150. The number of aliphatic hydroxyl groups is 2. The molecule has 0 saturated carbocycles. The Morgan fingerprint density at radius 1 is 1.11 bits per heavy atom. The van der Waals surface area contributed by atoms with Crippen molar-refractivity contribution in [1.82, 2.24) is 14.5 Å². The van der Waals surface area contributed by atoms with Gasteiger partial charge in [0.15, 0.2) is 0 Å². The molecule has 0 aliphatic heterocycles. The Labute approximate surface area is 204 Å². The Morgan fingerprint density at radius 2 is 1.77 bits per heavy atom. The quantitative estimate of drug-likeness (QED) is 0.434. The van der Waals surface area contributed by atoms with Crippen molar-refractivity contribution in [3.8, 4) is 22.5 Å². The predicted octanol–water partition coefficient (Wildman–Crippen LogP) is 4.58. The second kappa shape index (κ2) is 11.4. The number of hydrogen-bond donors (Lipinski definition) is 2. The monoisotopic (exact) mass is 481 g/mol. The van der Waals surface area contributed by atoms with Gasteiger partial charge in [0, 0.05) is 41.6 Å². The summed E-state index contributed by atoms with van der Waals surface area (Å²) in [5, 5.41) is 20.7. The Morgan fingerprint density at radius 3 is 2.37 bits per heavy atom. The van der Waals surface area contributed by atoms with E-state index in [1.165, 1.54) is 12.1 Å². The highest BCUT2D eigenvalue weighted by atomic mass is 19.1. The number of pyridine rings is 1. The maximum Gasteiger partial charge on any atom is 0.308 e. The van der Waals surface area contributed by atoms with Crippen molar-refractivity contribution in [2.45, 2.75) is 58.2 Å². The van der Waals surface area contributed by atoms with Gasteiger partial charge in [0.2, 0.25) is 0 Å². The van der Waals surface area contributed by atoms with E-state index in [1.54, 1.807) is 43.7 Å². The van der Waals surface area contributed by atoms with Crippen LogP contribution in [0.3, 0.4) is 0 Å². The van der Waals surface area contributed by atoms with E-state index in [0.29, 0.717) is 5.69 Å². The number of carbonyl (C=O) groups excluding carboxylic acids is 1. The summed E-state index contributed by atoms with van der Waals surface area (Å²) in [5.41, 5.74) is 2.67. The molecule has 0 spiro atoms. The number of aliphatic hydroxyl groups excluding tert-OH is 2. The highest BCUT2D eigenvalue weighted by Crippen LogP contribution is 2.36. The highest BCUT2D eigenvalue weighted by Gasteiger charge is 2.27. The smallest absolute Gasteiger partial charge is 0.308 e. The maximum absolute atomic E-state index is 13.6. The van der Waals surface area contributed by atoms with Gasteiger partial charge in [0.1, 0.15) is 11.6 Å². The van der Waals surface area contributed by atoms with Crippen LogP contribution in [0.1, 0.15) is 46.4 Å². The molecular formula is C27H32FN3O4. The average molecular weight is 482 g/mol. The maximum atomic E-state index is 13.6. The van der Waals surface area contributed by atoms with Crippen molar-refractivity contribution >= 4 is 12.2 Å². The molecule has 0 unspecified atom stereocenters. The SMILES string of the molecule is CCOC(=O)C[C@H](O)C[C@H](O)C=Cn1c(C(C)(C)C)nc(-c2ccc(F)cc2)c1-c1ccncc1. The normalized spacial score (nSPS) is 13.7. The summed E-state index contributed by atoms with van der Waals surface area (Å²) in [4.78, 5) is 20.7. The molecule has 0 fully saturated rings. The topological polar surface area (TPSA) is 97.5 Å². The molecule has 3 aromatic rings. The van der Waals surface area contributed by atoms with Gasteiger partial charge >= 0.3 is 5.97 Å². The number of benzene rings is 1. The van der Waals surface area contributed by atoms with Gasteiger partial charge in [-0.2, -0.15) is 0 Å². The van der Waals surface area contributed by atoms with Crippen molar-refractivity contribution in [1.29, 1.82) is 0 Å². The number of carbonyl (C=O) groups is 1.